The van der Waals surface area contributed by atoms with E-state index in [0.717, 1.165) is 4.90 Å². The molecule has 0 aliphatic carbocycles. The highest BCUT2D eigenvalue weighted by Gasteiger charge is 2.17. The van der Waals surface area contributed by atoms with Crippen molar-refractivity contribution < 1.29 is 10.2 Å². The Hall–Kier alpha value is -1.75. The van der Waals surface area contributed by atoms with Gasteiger partial charge in [-0.2, -0.15) is 0 Å². The normalized spacial score (nSPS) is 10.8. The number of rotatable bonds is 3. The number of nitrogens with zero attached hydrogens (tertiary/aromatic N) is 1. The van der Waals surface area contributed by atoms with Crippen LogP contribution in [0.25, 0.3) is 5.69 Å². The molecule has 2 N–H and O–H groups in total. The standard InChI is InChI=1S/C16H11Cl2NO2S/c17-10-6-11(18)8-12(7-10)19-15(20)9-14(16(19)21)22-13-4-2-1-3-5-13/h1-9,20-21H. The van der Waals surface area contributed by atoms with E-state index in [1.165, 1.54) is 22.4 Å². The van der Waals surface area contributed by atoms with Crippen LogP contribution in [0.2, 0.25) is 10.0 Å². The first-order chi connectivity index (χ1) is 10.5. The molecular weight excluding hydrogens is 341 g/mol. The van der Waals surface area contributed by atoms with Gasteiger partial charge in [0, 0.05) is 21.0 Å². The van der Waals surface area contributed by atoms with Crippen molar-refractivity contribution in [2.75, 3.05) is 0 Å². The first-order valence-electron chi connectivity index (χ1n) is 6.37. The zero-order valence-electron chi connectivity index (χ0n) is 11.2. The lowest BCUT2D eigenvalue weighted by atomic mass is 10.3. The summed E-state index contributed by atoms with van der Waals surface area (Å²) >= 11 is 13.3. The van der Waals surface area contributed by atoms with Crippen molar-refractivity contribution in [2.45, 2.75) is 9.79 Å². The average Bonchev–Trinajstić information content (AvgIpc) is 2.73. The Morgan fingerprint density at radius 1 is 0.864 bits per heavy atom. The van der Waals surface area contributed by atoms with Crippen molar-refractivity contribution in [2.24, 2.45) is 0 Å². The summed E-state index contributed by atoms with van der Waals surface area (Å²) in [5.74, 6) is -0.154. The van der Waals surface area contributed by atoms with Crippen molar-refractivity contribution in [1.29, 1.82) is 0 Å². The zero-order valence-corrected chi connectivity index (χ0v) is 13.5. The molecule has 0 atom stereocenters. The maximum atomic E-state index is 10.4. The van der Waals surface area contributed by atoms with Crippen LogP contribution in [0.15, 0.2) is 64.4 Å². The third-order valence-electron chi connectivity index (χ3n) is 3.00. The maximum Gasteiger partial charge on any atom is 0.213 e. The van der Waals surface area contributed by atoms with Crippen LogP contribution in [0, 0.1) is 0 Å². The molecule has 112 valence electrons. The van der Waals surface area contributed by atoms with E-state index >= 15 is 0 Å². The molecule has 1 heterocycles. The molecule has 0 amide bonds. The van der Waals surface area contributed by atoms with Gasteiger partial charge in [-0.1, -0.05) is 53.2 Å². The fourth-order valence-corrected chi connectivity index (χ4v) is 3.49. The van der Waals surface area contributed by atoms with Gasteiger partial charge >= 0.3 is 0 Å². The Labute approximate surface area is 141 Å². The van der Waals surface area contributed by atoms with Crippen LogP contribution in [0.4, 0.5) is 0 Å². The highest BCUT2D eigenvalue weighted by Crippen LogP contribution is 2.41. The Balaban J connectivity index is 2.03. The molecule has 3 rings (SSSR count). The summed E-state index contributed by atoms with van der Waals surface area (Å²) in [5, 5.41) is 21.4. The first-order valence-corrected chi connectivity index (χ1v) is 7.95. The van der Waals surface area contributed by atoms with Gasteiger partial charge in [0.2, 0.25) is 5.88 Å². The monoisotopic (exact) mass is 351 g/mol. The van der Waals surface area contributed by atoms with Gasteiger partial charge in [0.25, 0.3) is 0 Å². The topological polar surface area (TPSA) is 45.4 Å². The Kier molecular flexibility index (Phi) is 4.25. The van der Waals surface area contributed by atoms with Crippen LogP contribution in [0.1, 0.15) is 0 Å². The van der Waals surface area contributed by atoms with E-state index in [1.54, 1.807) is 18.2 Å². The Morgan fingerprint density at radius 2 is 1.50 bits per heavy atom. The van der Waals surface area contributed by atoms with Crippen molar-refractivity contribution >= 4 is 35.0 Å². The summed E-state index contributed by atoms with van der Waals surface area (Å²) < 4.78 is 1.29. The van der Waals surface area contributed by atoms with Crippen LogP contribution >= 0.6 is 35.0 Å². The van der Waals surface area contributed by atoms with Crippen LogP contribution < -0.4 is 0 Å². The van der Waals surface area contributed by atoms with Gasteiger partial charge in [-0.05, 0) is 30.3 Å². The summed E-state index contributed by atoms with van der Waals surface area (Å²) in [6, 6.07) is 15.9. The number of aromatic nitrogens is 1. The maximum absolute atomic E-state index is 10.4. The van der Waals surface area contributed by atoms with Crippen molar-refractivity contribution in [1.82, 2.24) is 4.57 Å². The molecule has 0 aliphatic rings. The third-order valence-corrected chi connectivity index (χ3v) is 4.46. The van der Waals surface area contributed by atoms with Gasteiger partial charge in [0.15, 0.2) is 5.88 Å². The molecule has 0 saturated heterocycles. The second-order valence-corrected chi connectivity index (χ2v) is 6.56. The molecule has 1 aromatic heterocycles. The lowest BCUT2D eigenvalue weighted by Gasteiger charge is -2.08. The van der Waals surface area contributed by atoms with Crippen molar-refractivity contribution in [3.8, 4) is 17.4 Å². The van der Waals surface area contributed by atoms with Gasteiger partial charge in [-0.25, -0.2) is 0 Å². The number of hydrogen-bond acceptors (Lipinski definition) is 3. The molecule has 22 heavy (non-hydrogen) atoms. The molecular formula is C16H11Cl2NO2S. The van der Waals surface area contributed by atoms with Crippen molar-refractivity contribution in [3.63, 3.8) is 0 Å². The van der Waals surface area contributed by atoms with Gasteiger partial charge in [0.05, 0.1) is 10.6 Å². The molecule has 0 radical (unpaired) electrons. The first kappa shape index (κ1) is 15.2. The number of benzene rings is 2. The Bertz CT molecular complexity index is 798. The molecule has 0 fully saturated rings. The second kappa shape index (κ2) is 6.16. The van der Waals surface area contributed by atoms with Gasteiger partial charge in [-0.15, -0.1) is 0 Å². The van der Waals surface area contributed by atoms with Crippen molar-refractivity contribution in [3.05, 3.63) is 64.6 Å². The number of halogens is 2. The molecule has 6 heteroatoms. The van der Waals surface area contributed by atoms with Crippen LogP contribution in [-0.2, 0) is 0 Å². The van der Waals surface area contributed by atoms with Crippen LogP contribution in [-0.4, -0.2) is 14.8 Å². The van der Waals surface area contributed by atoms with E-state index in [1.807, 2.05) is 30.3 Å². The summed E-state index contributed by atoms with van der Waals surface area (Å²) in [5.41, 5.74) is 0.493. The summed E-state index contributed by atoms with van der Waals surface area (Å²) in [6.45, 7) is 0. The minimum absolute atomic E-state index is 0.0651. The fraction of sp³-hybridized carbons (Fsp3) is 0. The highest BCUT2D eigenvalue weighted by atomic mass is 35.5. The molecule has 0 spiro atoms. The molecule has 0 unspecified atom stereocenters. The van der Waals surface area contributed by atoms with Gasteiger partial charge in [-0.3, -0.25) is 4.57 Å². The SMILES string of the molecule is Oc1cc(Sc2ccccc2)c(O)n1-c1cc(Cl)cc(Cl)c1. The van der Waals surface area contributed by atoms with E-state index in [4.69, 9.17) is 23.2 Å². The second-order valence-electron chi connectivity index (χ2n) is 4.57. The lowest BCUT2D eigenvalue weighted by molar-refractivity contribution is 0.398. The molecule has 3 nitrogen and oxygen atoms in total. The largest absolute Gasteiger partial charge is 0.494 e. The predicted octanol–water partition coefficient (Wildman–Crippen LogP) is 5.35. The molecule has 0 saturated carbocycles. The van der Waals surface area contributed by atoms with Gasteiger partial charge in [0.1, 0.15) is 0 Å². The summed E-state index contributed by atoms with van der Waals surface area (Å²) in [4.78, 5) is 1.50. The Morgan fingerprint density at radius 3 is 2.14 bits per heavy atom. The molecule has 3 aromatic rings. The molecule has 2 aromatic carbocycles. The lowest BCUT2D eigenvalue weighted by Crippen LogP contribution is -1.92. The average molecular weight is 352 g/mol. The minimum Gasteiger partial charge on any atom is -0.494 e. The van der Waals surface area contributed by atoms with E-state index in [0.29, 0.717) is 20.6 Å². The van der Waals surface area contributed by atoms with E-state index < -0.39 is 0 Å². The van der Waals surface area contributed by atoms with Crippen LogP contribution in [0.5, 0.6) is 11.8 Å². The van der Waals surface area contributed by atoms with Crippen LogP contribution in [0.3, 0.4) is 0 Å². The highest BCUT2D eigenvalue weighted by molar-refractivity contribution is 7.99. The number of aromatic hydroxyl groups is 2. The quantitative estimate of drug-likeness (QED) is 0.668. The fourth-order valence-electron chi connectivity index (χ4n) is 2.08. The predicted molar refractivity (Wildman–Crippen MR) is 89.7 cm³/mol. The van der Waals surface area contributed by atoms with Gasteiger partial charge < -0.3 is 10.2 Å². The summed E-state index contributed by atoms with van der Waals surface area (Å²) in [6.07, 6.45) is 0. The smallest absolute Gasteiger partial charge is 0.213 e. The van der Waals surface area contributed by atoms with E-state index in [2.05, 4.69) is 0 Å². The molecule has 0 aliphatic heterocycles. The summed E-state index contributed by atoms with van der Waals surface area (Å²) in [7, 11) is 0. The number of hydrogen-bond donors (Lipinski definition) is 2. The van der Waals surface area contributed by atoms with E-state index in [-0.39, 0.29) is 11.8 Å². The molecule has 0 bridgehead atoms. The third kappa shape index (κ3) is 3.04. The zero-order chi connectivity index (χ0) is 15.7. The minimum atomic E-state index is -0.0886. The van der Waals surface area contributed by atoms with E-state index in [9.17, 15) is 10.2 Å².